The van der Waals surface area contributed by atoms with Gasteiger partial charge in [0.05, 0.1) is 0 Å². The van der Waals surface area contributed by atoms with Gasteiger partial charge < -0.3 is 25.1 Å². The molecule has 3 N–H and O–H groups in total. The minimum absolute atomic E-state index is 0.0297. The van der Waals surface area contributed by atoms with Crippen LogP contribution < -0.4 is 15.5 Å². The lowest BCUT2D eigenvalue weighted by Gasteiger charge is -2.28. The van der Waals surface area contributed by atoms with Crippen LogP contribution in [0.1, 0.15) is 26.7 Å². The Morgan fingerprint density at radius 1 is 1.43 bits per heavy atom. The Balaban J connectivity index is 2.10. The predicted octanol–water partition coefficient (Wildman–Crippen LogP) is 2.57. The molecule has 7 nitrogen and oxygen atoms in total. The van der Waals surface area contributed by atoms with E-state index in [1.54, 1.807) is 23.1 Å². The standard InChI is InChI=1S/C16H24N4O3/c1-5-16(2,8-9-21)19-14(22)17-11-6-7-12-13(10-11)23-15(18-12)20(3)4/h6-7,10,21H,5,8-9H2,1-4H3,(H2,17,19,22). The van der Waals surface area contributed by atoms with Crippen molar-refractivity contribution in [3.63, 3.8) is 0 Å². The molecule has 0 fully saturated rings. The fourth-order valence-electron chi connectivity index (χ4n) is 2.19. The van der Waals surface area contributed by atoms with Crippen molar-refractivity contribution < 1.29 is 14.3 Å². The van der Waals surface area contributed by atoms with Crippen molar-refractivity contribution in [2.75, 3.05) is 30.9 Å². The van der Waals surface area contributed by atoms with Gasteiger partial charge in [-0.2, -0.15) is 4.98 Å². The Labute approximate surface area is 135 Å². The van der Waals surface area contributed by atoms with E-state index in [9.17, 15) is 4.79 Å². The van der Waals surface area contributed by atoms with Gasteiger partial charge in [0.15, 0.2) is 5.58 Å². The number of oxazole rings is 1. The number of nitrogens with one attached hydrogen (secondary N) is 2. The van der Waals surface area contributed by atoms with E-state index in [0.717, 1.165) is 11.9 Å². The second-order valence-corrected chi connectivity index (χ2v) is 6.04. The largest absolute Gasteiger partial charge is 0.423 e. The Kier molecular flexibility index (Phi) is 5.10. The third-order valence-corrected chi connectivity index (χ3v) is 3.88. The molecule has 0 spiro atoms. The lowest BCUT2D eigenvalue weighted by molar-refractivity contribution is 0.208. The number of hydrogen-bond acceptors (Lipinski definition) is 5. The summed E-state index contributed by atoms with van der Waals surface area (Å²) in [6, 6.07) is 5.52. The highest BCUT2D eigenvalue weighted by Crippen LogP contribution is 2.24. The zero-order valence-electron chi connectivity index (χ0n) is 14.0. The second-order valence-electron chi connectivity index (χ2n) is 6.04. The number of amides is 2. The molecule has 1 unspecified atom stereocenters. The number of benzene rings is 1. The van der Waals surface area contributed by atoms with E-state index >= 15 is 0 Å². The Hall–Kier alpha value is -2.28. The van der Waals surface area contributed by atoms with Crippen molar-refractivity contribution in [1.29, 1.82) is 0 Å². The van der Waals surface area contributed by atoms with Crippen LogP contribution in [0.15, 0.2) is 22.6 Å². The summed E-state index contributed by atoms with van der Waals surface area (Å²) < 4.78 is 5.62. The number of carbonyl (C=O) groups excluding carboxylic acids is 1. The first kappa shape index (κ1) is 17.1. The summed E-state index contributed by atoms with van der Waals surface area (Å²) in [5.41, 5.74) is 1.53. The van der Waals surface area contributed by atoms with Crippen LogP contribution in [-0.2, 0) is 0 Å². The number of aromatic nitrogens is 1. The van der Waals surface area contributed by atoms with Crippen LogP contribution in [0, 0.1) is 0 Å². The molecule has 0 saturated heterocycles. The first-order valence-electron chi connectivity index (χ1n) is 7.65. The molecule has 1 aromatic heterocycles. The number of aliphatic hydroxyl groups is 1. The van der Waals surface area contributed by atoms with E-state index in [4.69, 9.17) is 9.52 Å². The van der Waals surface area contributed by atoms with Crippen molar-refractivity contribution in [3.8, 4) is 0 Å². The number of nitrogens with zero attached hydrogens (tertiary/aromatic N) is 2. The second kappa shape index (κ2) is 6.87. The summed E-state index contributed by atoms with van der Waals surface area (Å²) in [7, 11) is 3.70. The molecule has 0 saturated carbocycles. The van der Waals surface area contributed by atoms with E-state index in [2.05, 4.69) is 15.6 Å². The maximum atomic E-state index is 12.2. The number of aliphatic hydroxyl groups excluding tert-OH is 1. The number of hydrogen-bond donors (Lipinski definition) is 3. The lowest BCUT2D eigenvalue weighted by Crippen LogP contribution is -2.48. The van der Waals surface area contributed by atoms with Gasteiger partial charge in [-0.05, 0) is 31.9 Å². The van der Waals surface area contributed by atoms with Gasteiger partial charge in [0.1, 0.15) is 5.52 Å². The molecule has 7 heteroatoms. The number of carbonyl (C=O) groups is 1. The minimum Gasteiger partial charge on any atom is -0.423 e. The monoisotopic (exact) mass is 320 g/mol. The highest BCUT2D eigenvalue weighted by molar-refractivity contribution is 5.92. The van der Waals surface area contributed by atoms with E-state index in [1.807, 2.05) is 27.9 Å². The number of urea groups is 1. The zero-order valence-corrected chi connectivity index (χ0v) is 14.0. The van der Waals surface area contributed by atoms with Gasteiger partial charge in [-0.25, -0.2) is 4.79 Å². The minimum atomic E-state index is -0.437. The summed E-state index contributed by atoms with van der Waals surface area (Å²) in [5, 5.41) is 14.8. The van der Waals surface area contributed by atoms with Crippen LogP contribution in [0.5, 0.6) is 0 Å². The molecule has 0 aliphatic heterocycles. The first-order chi connectivity index (χ1) is 10.9. The SMILES string of the molecule is CCC(C)(CCO)NC(=O)Nc1ccc2nc(N(C)C)oc2c1. The lowest BCUT2D eigenvalue weighted by atomic mass is 9.95. The third-order valence-electron chi connectivity index (χ3n) is 3.88. The molecule has 2 aromatic rings. The molecule has 0 aliphatic rings. The molecule has 0 radical (unpaired) electrons. The number of rotatable bonds is 6. The fourth-order valence-corrected chi connectivity index (χ4v) is 2.19. The van der Waals surface area contributed by atoms with Gasteiger partial charge in [-0.15, -0.1) is 0 Å². The maximum absolute atomic E-state index is 12.2. The maximum Gasteiger partial charge on any atom is 0.319 e. The molecular formula is C16H24N4O3. The smallest absolute Gasteiger partial charge is 0.319 e. The van der Waals surface area contributed by atoms with Crippen LogP contribution in [0.3, 0.4) is 0 Å². The predicted molar refractivity (Wildman–Crippen MR) is 90.9 cm³/mol. The van der Waals surface area contributed by atoms with E-state index in [0.29, 0.717) is 23.7 Å². The van der Waals surface area contributed by atoms with Crippen LogP contribution >= 0.6 is 0 Å². The molecule has 126 valence electrons. The van der Waals surface area contributed by atoms with Crippen molar-refractivity contribution in [1.82, 2.24) is 10.3 Å². The number of anilines is 2. The molecule has 2 amide bonds. The van der Waals surface area contributed by atoms with Crippen molar-refractivity contribution in [3.05, 3.63) is 18.2 Å². The van der Waals surface area contributed by atoms with Crippen molar-refractivity contribution in [2.45, 2.75) is 32.2 Å². The Bertz CT molecular complexity index is 683. The van der Waals surface area contributed by atoms with Crippen LogP contribution in [0.2, 0.25) is 0 Å². The van der Waals surface area contributed by atoms with Gasteiger partial charge in [0.2, 0.25) is 0 Å². The van der Waals surface area contributed by atoms with E-state index in [-0.39, 0.29) is 12.6 Å². The first-order valence-corrected chi connectivity index (χ1v) is 7.65. The highest BCUT2D eigenvalue weighted by Gasteiger charge is 2.23. The molecule has 23 heavy (non-hydrogen) atoms. The normalized spacial score (nSPS) is 13.6. The molecule has 2 rings (SSSR count). The van der Waals surface area contributed by atoms with Crippen LogP contribution in [-0.4, -0.2) is 42.4 Å². The topological polar surface area (TPSA) is 90.6 Å². The van der Waals surface area contributed by atoms with Crippen LogP contribution in [0.4, 0.5) is 16.5 Å². The van der Waals surface area contributed by atoms with Crippen molar-refractivity contribution >= 4 is 28.8 Å². The van der Waals surface area contributed by atoms with Gasteiger partial charge >= 0.3 is 6.03 Å². The molecule has 0 aliphatic carbocycles. The summed E-state index contributed by atoms with van der Waals surface area (Å²) in [6.45, 7) is 3.91. The Morgan fingerprint density at radius 3 is 2.78 bits per heavy atom. The van der Waals surface area contributed by atoms with Gasteiger partial charge in [-0.1, -0.05) is 6.92 Å². The summed E-state index contributed by atoms with van der Waals surface area (Å²) in [5.74, 6) is 0. The van der Waals surface area contributed by atoms with Crippen LogP contribution in [0.25, 0.3) is 11.1 Å². The fraction of sp³-hybridized carbons (Fsp3) is 0.500. The quantitative estimate of drug-likeness (QED) is 0.761. The van der Waals surface area contributed by atoms with Gasteiger partial charge in [0.25, 0.3) is 6.01 Å². The average molecular weight is 320 g/mol. The molecule has 1 heterocycles. The summed E-state index contributed by atoms with van der Waals surface area (Å²) in [6.07, 6.45) is 1.23. The summed E-state index contributed by atoms with van der Waals surface area (Å²) >= 11 is 0. The van der Waals surface area contributed by atoms with Gasteiger partial charge in [0, 0.05) is 38.0 Å². The molecule has 1 atom stereocenters. The Morgan fingerprint density at radius 2 is 2.17 bits per heavy atom. The van der Waals surface area contributed by atoms with E-state index in [1.165, 1.54) is 0 Å². The third kappa shape index (κ3) is 4.13. The van der Waals surface area contributed by atoms with Gasteiger partial charge in [-0.3, -0.25) is 0 Å². The number of fused-ring (bicyclic) bond motifs is 1. The van der Waals surface area contributed by atoms with E-state index < -0.39 is 5.54 Å². The average Bonchev–Trinajstić information content (AvgIpc) is 2.90. The highest BCUT2D eigenvalue weighted by atomic mass is 16.4. The summed E-state index contributed by atoms with van der Waals surface area (Å²) in [4.78, 5) is 18.3. The molecular weight excluding hydrogens is 296 g/mol. The van der Waals surface area contributed by atoms with Crippen molar-refractivity contribution in [2.24, 2.45) is 0 Å². The zero-order chi connectivity index (χ0) is 17.0. The molecule has 1 aromatic carbocycles. The molecule has 0 bridgehead atoms.